The number of rotatable bonds is 4. The Morgan fingerprint density at radius 3 is 2.82 bits per heavy atom. The summed E-state index contributed by atoms with van der Waals surface area (Å²) >= 11 is 0. The quantitative estimate of drug-likeness (QED) is 0.897. The molecule has 0 saturated heterocycles. The highest BCUT2D eigenvalue weighted by molar-refractivity contribution is 5.67. The minimum Gasteiger partial charge on any atom is -0.444 e. The van der Waals surface area contributed by atoms with E-state index in [-0.39, 0.29) is 12.0 Å². The molecule has 122 valence electrons. The molecular weight excluding hydrogens is 276 g/mol. The molecule has 0 radical (unpaired) electrons. The number of hydrogen-bond donors (Lipinski definition) is 2. The van der Waals surface area contributed by atoms with Gasteiger partial charge in [0.15, 0.2) is 0 Å². The molecule has 1 aliphatic carbocycles. The number of amides is 1. The van der Waals surface area contributed by atoms with Crippen molar-refractivity contribution in [3.63, 3.8) is 0 Å². The van der Waals surface area contributed by atoms with Gasteiger partial charge in [0.25, 0.3) is 0 Å². The molecule has 0 aliphatic heterocycles. The Bertz CT molecular complexity index is 508. The number of carbonyl (C=O) groups excluding carboxylic acids is 1. The van der Waals surface area contributed by atoms with E-state index in [2.05, 4.69) is 29.6 Å². The van der Waals surface area contributed by atoms with Gasteiger partial charge in [0.1, 0.15) is 5.60 Å². The Hall–Kier alpha value is -1.55. The van der Waals surface area contributed by atoms with E-state index < -0.39 is 5.60 Å². The molecule has 1 amide bonds. The zero-order valence-electron chi connectivity index (χ0n) is 13.9. The molecule has 0 bridgehead atoms. The first-order valence-corrected chi connectivity index (χ1v) is 8.15. The van der Waals surface area contributed by atoms with Crippen LogP contribution in [-0.2, 0) is 11.2 Å². The third-order valence-electron chi connectivity index (χ3n) is 4.20. The van der Waals surface area contributed by atoms with Crippen molar-refractivity contribution >= 4 is 6.09 Å². The van der Waals surface area contributed by atoms with Gasteiger partial charge in [-0.2, -0.15) is 0 Å². The van der Waals surface area contributed by atoms with Crippen molar-refractivity contribution in [2.24, 2.45) is 11.7 Å². The van der Waals surface area contributed by atoms with Crippen LogP contribution in [0.5, 0.6) is 0 Å². The minimum absolute atomic E-state index is 0.244. The van der Waals surface area contributed by atoms with Crippen molar-refractivity contribution in [3.05, 3.63) is 35.4 Å². The fraction of sp³-hybridized carbons (Fsp3) is 0.611. The average molecular weight is 304 g/mol. The summed E-state index contributed by atoms with van der Waals surface area (Å²) < 4.78 is 5.30. The lowest BCUT2D eigenvalue weighted by atomic mass is 9.75. The average Bonchev–Trinajstić information content (AvgIpc) is 2.46. The van der Waals surface area contributed by atoms with E-state index in [1.165, 1.54) is 17.5 Å². The van der Waals surface area contributed by atoms with Gasteiger partial charge in [0.05, 0.1) is 0 Å². The largest absolute Gasteiger partial charge is 0.444 e. The van der Waals surface area contributed by atoms with Gasteiger partial charge in [-0.1, -0.05) is 24.3 Å². The van der Waals surface area contributed by atoms with E-state index in [1.807, 2.05) is 20.8 Å². The van der Waals surface area contributed by atoms with Crippen LogP contribution in [0.4, 0.5) is 4.79 Å². The van der Waals surface area contributed by atoms with Gasteiger partial charge in [0, 0.05) is 6.54 Å². The highest BCUT2D eigenvalue weighted by atomic mass is 16.6. The fourth-order valence-corrected chi connectivity index (χ4v) is 3.20. The third-order valence-corrected chi connectivity index (χ3v) is 4.20. The van der Waals surface area contributed by atoms with Crippen LogP contribution in [0.2, 0.25) is 0 Å². The Morgan fingerprint density at radius 1 is 1.41 bits per heavy atom. The number of ether oxygens (including phenoxy) is 1. The Kier molecular flexibility index (Phi) is 5.46. The van der Waals surface area contributed by atoms with Crippen LogP contribution in [0.25, 0.3) is 0 Å². The van der Waals surface area contributed by atoms with Gasteiger partial charge in [-0.15, -0.1) is 0 Å². The van der Waals surface area contributed by atoms with Crippen molar-refractivity contribution in [3.8, 4) is 0 Å². The molecule has 1 aromatic carbocycles. The van der Waals surface area contributed by atoms with Crippen LogP contribution in [0.15, 0.2) is 24.3 Å². The normalized spacial score (nSPS) is 19.2. The summed E-state index contributed by atoms with van der Waals surface area (Å²) in [6.45, 7) is 6.72. The van der Waals surface area contributed by atoms with Crippen molar-refractivity contribution in [2.45, 2.75) is 51.6 Å². The summed E-state index contributed by atoms with van der Waals surface area (Å²) in [5.74, 6) is 0.666. The molecule has 0 spiro atoms. The molecular formula is C18H28N2O2. The summed E-state index contributed by atoms with van der Waals surface area (Å²) in [6, 6.07) is 8.59. The third kappa shape index (κ3) is 4.47. The van der Waals surface area contributed by atoms with Crippen LogP contribution in [0, 0.1) is 5.92 Å². The van der Waals surface area contributed by atoms with E-state index in [9.17, 15) is 4.79 Å². The number of nitrogens with one attached hydrogen (secondary N) is 1. The lowest BCUT2D eigenvalue weighted by Gasteiger charge is -2.32. The second-order valence-corrected chi connectivity index (χ2v) is 7.08. The second kappa shape index (κ2) is 7.14. The smallest absolute Gasteiger partial charge is 0.407 e. The minimum atomic E-state index is -0.472. The predicted molar refractivity (Wildman–Crippen MR) is 88.9 cm³/mol. The van der Waals surface area contributed by atoms with Gasteiger partial charge in [-0.3, -0.25) is 0 Å². The first-order chi connectivity index (χ1) is 10.4. The Morgan fingerprint density at radius 2 is 2.14 bits per heavy atom. The molecule has 1 aliphatic rings. The standard InChI is InChI=1S/C18H28N2O2/c1-18(2,3)22-17(21)20-12-14(11-19)16-10-6-8-13-7-4-5-9-15(13)16/h4-5,7,9,14,16H,6,8,10-12,19H2,1-3H3,(H,20,21). The molecule has 2 unspecified atom stereocenters. The number of fused-ring (bicyclic) bond motifs is 1. The van der Waals surface area contributed by atoms with E-state index in [1.54, 1.807) is 0 Å². The number of hydrogen-bond acceptors (Lipinski definition) is 3. The monoisotopic (exact) mass is 304 g/mol. The summed E-state index contributed by atoms with van der Waals surface area (Å²) in [5.41, 5.74) is 8.33. The Labute approximate surface area is 133 Å². The van der Waals surface area contributed by atoms with Crippen molar-refractivity contribution in [1.82, 2.24) is 5.32 Å². The number of nitrogens with two attached hydrogens (primary N) is 1. The predicted octanol–water partition coefficient (Wildman–Crippen LogP) is 3.21. The maximum atomic E-state index is 11.8. The van der Waals surface area contributed by atoms with E-state index >= 15 is 0 Å². The van der Waals surface area contributed by atoms with E-state index in [0.29, 0.717) is 19.0 Å². The Balaban J connectivity index is 1.99. The highest BCUT2D eigenvalue weighted by Gasteiger charge is 2.27. The van der Waals surface area contributed by atoms with Gasteiger partial charge < -0.3 is 15.8 Å². The summed E-state index contributed by atoms with van der Waals surface area (Å²) in [4.78, 5) is 11.8. The van der Waals surface area contributed by atoms with Gasteiger partial charge in [-0.05, 0) is 69.5 Å². The molecule has 0 heterocycles. The topological polar surface area (TPSA) is 64.3 Å². The fourth-order valence-electron chi connectivity index (χ4n) is 3.20. The summed E-state index contributed by atoms with van der Waals surface area (Å²) in [6.07, 6.45) is 3.10. The van der Waals surface area contributed by atoms with Crippen LogP contribution in [0.3, 0.4) is 0 Å². The lowest BCUT2D eigenvalue weighted by molar-refractivity contribution is 0.0517. The number of aryl methyl sites for hydroxylation is 1. The number of alkyl carbamates (subject to hydrolysis) is 1. The molecule has 0 saturated carbocycles. The zero-order chi connectivity index (χ0) is 16.2. The van der Waals surface area contributed by atoms with Crippen LogP contribution < -0.4 is 11.1 Å². The lowest BCUT2D eigenvalue weighted by Crippen LogP contribution is -2.39. The molecule has 3 N–H and O–H groups in total. The highest BCUT2D eigenvalue weighted by Crippen LogP contribution is 2.36. The van der Waals surface area contributed by atoms with E-state index in [0.717, 1.165) is 12.8 Å². The van der Waals surface area contributed by atoms with Crippen LogP contribution in [0.1, 0.15) is 50.7 Å². The van der Waals surface area contributed by atoms with Crippen molar-refractivity contribution < 1.29 is 9.53 Å². The van der Waals surface area contributed by atoms with Gasteiger partial charge in [-0.25, -0.2) is 4.79 Å². The van der Waals surface area contributed by atoms with E-state index in [4.69, 9.17) is 10.5 Å². The van der Waals surface area contributed by atoms with Crippen molar-refractivity contribution in [2.75, 3.05) is 13.1 Å². The van der Waals surface area contributed by atoms with Gasteiger partial charge >= 0.3 is 6.09 Å². The summed E-state index contributed by atoms with van der Waals surface area (Å²) in [7, 11) is 0. The first kappa shape index (κ1) is 16.8. The molecule has 2 atom stereocenters. The molecule has 22 heavy (non-hydrogen) atoms. The second-order valence-electron chi connectivity index (χ2n) is 7.08. The van der Waals surface area contributed by atoms with Crippen LogP contribution >= 0.6 is 0 Å². The number of benzene rings is 1. The first-order valence-electron chi connectivity index (χ1n) is 8.15. The molecule has 2 rings (SSSR count). The molecule has 4 nitrogen and oxygen atoms in total. The maximum absolute atomic E-state index is 11.8. The SMILES string of the molecule is CC(C)(C)OC(=O)NCC(CN)C1CCCc2ccccc21. The molecule has 0 aromatic heterocycles. The molecule has 4 heteroatoms. The zero-order valence-corrected chi connectivity index (χ0v) is 13.9. The van der Waals surface area contributed by atoms with Crippen LogP contribution in [-0.4, -0.2) is 24.8 Å². The number of carbonyl (C=O) groups is 1. The molecule has 0 fully saturated rings. The molecule has 1 aromatic rings. The van der Waals surface area contributed by atoms with Crippen molar-refractivity contribution in [1.29, 1.82) is 0 Å². The summed E-state index contributed by atoms with van der Waals surface area (Å²) in [5, 5.41) is 2.88. The maximum Gasteiger partial charge on any atom is 0.407 e. The van der Waals surface area contributed by atoms with Gasteiger partial charge in [0.2, 0.25) is 0 Å².